The molecule has 1 rings (SSSR count). The molecular formula is C16H33NO3. The van der Waals surface area contributed by atoms with Crippen LogP contribution in [0.2, 0.25) is 0 Å². The van der Waals surface area contributed by atoms with Gasteiger partial charge in [0.25, 0.3) is 0 Å². The molecule has 2 atom stereocenters. The molecular weight excluding hydrogens is 254 g/mol. The summed E-state index contributed by atoms with van der Waals surface area (Å²) in [6.45, 7) is 11.5. The highest BCUT2D eigenvalue weighted by atomic mass is 16.5. The molecule has 2 unspecified atom stereocenters. The first-order valence-corrected chi connectivity index (χ1v) is 7.90. The minimum atomic E-state index is -0.391. The minimum Gasteiger partial charge on any atom is -0.389 e. The molecule has 4 heteroatoms. The van der Waals surface area contributed by atoms with Gasteiger partial charge in [-0.05, 0) is 43.7 Å². The maximum atomic E-state index is 10.0. The zero-order valence-corrected chi connectivity index (χ0v) is 13.7. The van der Waals surface area contributed by atoms with E-state index in [0.717, 1.165) is 25.6 Å². The number of ether oxygens (including phenoxy) is 2. The van der Waals surface area contributed by atoms with E-state index in [0.29, 0.717) is 25.2 Å². The van der Waals surface area contributed by atoms with Gasteiger partial charge in [0.05, 0.1) is 25.9 Å². The van der Waals surface area contributed by atoms with E-state index >= 15 is 0 Å². The molecule has 1 N–H and O–H groups in total. The van der Waals surface area contributed by atoms with Crippen molar-refractivity contribution in [3.05, 3.63) is 0 Å². The molecule has 0 spiro atoms. The largest absolute Gasteiger partial charge is 0.389 e. The average molecular weight is 287 g/mol. The van der Waals surface area contributed by atoms with E-state index in [1.165, 1.54) is 19.3 Å². The molecule has 4 nitrogen and oxygen atoms in total. The van der Waals surface area contributed by atoms with E-state index in [2.05, 4.69) is 25.7 Å². The summed E-state index contributed by atoms with van der Waals surface area (Å²) < 4.78 is 10.3. The lowest BCUT2D eigenvalue weighted by molar-refractivity contribution is -0.000382. The number of nitrogens with zero attached hydrogens (tertiary/aromatic N) is 1. The Labute approximate surface area is 124 Å². The van der Waals surface area contributed by atoms with Gasteiger partial charge in [-0.15, -0.1) is 0 Å². The highest BCUT2D eigenvalue weighted by Gasteiger charge is 2.27. The first kappa shape index (κ1) is 17.9. The zero-order valence-electron chi connectivity index (χ0n) is 13.7. The van der Waals surface area contributed by atoms with Crippen LogP contribution in [0, 0.1) is 11.3 Å². The van der Waals surface area contributed by atoms with Crippen LogP contribution in [-0.2, 0) is 9.47 Å². The van der Waals surface area contributed by atoms with Crippen LogP contribution in [0.25, 0.3) is 0 Å². The monoisotopic (exact) mass is 287 g/mol. The van der Waals surface area contributed by atoms with Crippen LogP contribution in [0.5, 0.6) is 0 Å². The van der Waals surface area contributed by atoms with Gasteiger partial charge in [-0.1, -0.05) is 20.8 Å². The molecule has 20 heavy (non-hydrogen) atoms. The van der Waals surface area contributed by atoms with Gasteiger partial charge in [-0.3, -0.25) is 0 Å². The third-order valence-electron chi connectivity index (χ3n) is 4.26. The Morgan fingerprint density at radius 2 is 1.95 bits per heavy atom. The Balaban J connectivity index is 2.24. The third kappa shape index (κ3) is 7.02. The highest BCUT2D eigenvalue weighted by molar-refractivity contribution is 4.79. The molecule has 1 saturated heterocycles. The minimum absolute atomic E-state index is 0.391. The maximum absolute atomic E-state index is 10.0. The molecule has 0 aliphatic carbocycles. The smallest absolute Gasteiger partial charge is 0.0900 e. The molecule has 1 aliphatic rings. The van der Waals surface area contributed by atoms with E-state index in [1.807, 2.05) is 0 Å². The molecule has 120 valence electrons. The standard InChI is InChI=1S/C16H33NO3/c1-16(2,3)14-6-5-8-17(9-7-14)12-15(18)13-20-11-10-19-4/h14-15,18H,5-13H2,1-4H3. The van der Waals surface area contributed by atoms with Crippen molar-refractivity contribution < 1.29 is 14.6 Å². The van der Waals surface area contributed by atoms with Crippen LogP contribution in [0.4, 0.5) is 0 Å². The van der Waals surface area contributed by atoms with Gasteiger partial charge in [-0.25, -0.2) is 0 Å². The van der Waals surface area contributed by atoms with E-state index in [-0.39, 0.29) is 0 Å². The van der Waals surface area contributed by atoms with Gasteiger partial charge in [-0.2, -0.15) is 0 Å². The molecule has 1 heterocycles. The lowest BCUT2D eigenvalue weighted by atomic mass is 9.77. The maximum Gasteiger partial charge on any atom is 0.0900 e. The van der Waals surface area contributed by atoms with Crippen LogP contribution in [-0.4, -0.2) is 62.7 Å². The summed E-state index contributed by atoms with van der Waals surface area (Å²) in [4.78, 5) is 2.39. The number of hydrogen-bond donors (Lipinski definition) is 1. The molecule has 0 aromatic rings. The average Bonchev–Trinajstić information content (AvgIpc) is 2.60. The summed E-state index contributed by atoms with van der Waals surface area (Å²) in [5.74, 6) is 0.794. The van der Waals surface area contributed by atoms with Crippen molar-refractivity contribution in [1.82, 2.24) is 4.90 Å². The predicted molar refractivity (Wildman–Crippen MR) is 81.9 cm³/mol. The van der Waals surface area contributed by atoms with Crippen molar-refractivity contribution in [3.8, 4) is 0 Å². The Kier molecular flexibility index (Phi) is 8.03. The lowest BCUT2D eigenvalue weighted by Crippen LogP contribution is -2.36. The van der Waals surface area contributed by atoms with Crippen LogP contribution in [0.15, 0.2) is 0 Å². The van der Waals surface area contributed by atoms with Gasteiger partial charge in [0.15, 0.2) is 0 Å². The van der Waals surface area contributed by atoms with Gasteiger partial charge < -0.3 is 19.5 Å². The van der Waals surface area contributed by atoms with Crippen molar-refractivity contribution >= 4 is 0 Å². The summed E-state index contributed by atoms with van der Waals surface area (Å²) >= 11 is 0. The molecule has 1 fully saturated rings. The summed E-state index contributed by atoms with van der Waals surface area (Å²) in [6, 6.07) is 0. The first-order valence-electron chi connectivity index (χ1n) is 7.90. The van der Waals surface area contributed by atoms with Crippen LogP contribution in [0.1, 0.15) is 40.0 Å². The summed E-state index contributed by atoms with van der Waals surface area (Å²) in [5.41, 5.74) is 0.401. The Morgan fingerprint density at radius 3 is 2.60 bits per heavy atom. The van der Waals surface area contributed by atoms with Crippen LogP contribution >= 0.6 is 0 Å². The van der Waals surface area contributed by atoms with Crippen molar-refractivity contribution in [2.75, 3.05) is 46.6 Å². The first-order chi connectivity index (χ1) is 9.43. The molecule has 1 aliphatic heterocycles. The van der Waals surface area contributed by atoms with Crippen LogP contribution < -0.4 is 0 Å². The number of aliphatic hydroxyl groups is 1. The Hall–Kier alpha value is -0.160. The topological polar surface area (TPSA) is 41.9 Å². The SMILES string of the molecule is COCCOCC(O)CN1CCCC(C(C)(C)C)CC1. The summed E-state index contributed by atoms with van der Waals surface area (Å²) in [6.07, 6.45) is 3.39. The lowest BCUT2D eigenvalue weighted by Gasteiger charge is -2.30. The number of β-amino-alcohol motifs (C(OH)–C–C–N with tert-alkyl or cyclic N) is 1. The van der Waals surface area contributed by atoms with Gasteiger partial charge >= 0.3 is 0 Å². The van der Waals surface area contributed by atoms with Gasteiger partial charge in [0.1, 0.15) is 0 Å². The molecule has 0 amide bonds. The predicted octanol–water partition coefficient (Wildman–Crippen LogP) is 2.16. The zero-order chi connectivity index (χ0) is 15.0. The second-order valence-corrected chi connectivity index (χ2v) is 7.02. The molecule has 0 aromatic heterocycles. The molecule has 0 bridgehead atoms. The number of aliphatic hydroxyl groups excluding tert-OH is 1. The summed E-state index contributed by atoms with van der Waals surface area (Å²) in [5, 5.41) is 10.0. The second-order valence-electron chi connectivity index (χ2n) is 7.02. The van der Waals surface area contributed by atoms with E-state index < -0.39 is 6.10 Å². The third-order valence-corrected chi connectivity index (χ3v) is 4.26. The van der Waals surface area contributed by atoms with Crippen molar-refractivity contribution in [1.29, 1.82) is 0 Å². The molecule has 0 aromatic carbocycles. The van der Waals surface area contributed by atoms with Crippen molar-refractivity contribution in [2.24, 2.45) is 11.3 Å². The fourth-order valence-corrected chi connectivity index (χ4v) is 2.92. The number of hydrogen-bond acceptors (Lipinski definition) is 4. The summed E-state index contributed by atoms with van der Waals surface area (Å²) in [7, 11) is 1.66. The Morgan fingerprint density at radius 1 is 1.20 bits per heavy atom. The van der Waals surface area contributed by atoms with Gasteiger partial charge in [0, 0.05) is 13.7 Å². The van der Waals surface area contributed by atoms with Gasteiger partial charge in [0.2, 0.25) is 0 Å². The van der Waals surface area contributed by atoms with E-state index in [4.69, 9.17) is 9.47 Å². The fourth-order valence-electron chi connectivity index (χ4n) is 2.92. The Bertz CT molecular complexity index is 253. The quantitative estimate of drug-likeness (QED) is 0.729. The van der Waals surface area contributed by atoms with Crippen LogP contribution in [0.3, 0.4) is 0 Å². The number of likely N-dealkylation sites (tertiary alicyclic amines) is 1. The molecule has 0 radical (unpaired) electrons. The van der Waals surface area contributed by atoms with Crippen molar-refractivity contribution in [2.45, 2.75) is 46.1 Å². The van der Waals surface area contributed by atoms with E-state index in [1.54, 1.807) is 7.11 Å². The normalized spacial score (nSPS) is 23.6. The second kappa shape index (κ2) is 8.98. The van der Waals surface area contributed by atoms with Crippen molar-refractivity contribution in [3.63, 3.8) is 0 Å². The van der Waals surface area contributed by atoms with E-state index in [9.17, 15) is 5.11 Å². The molecule has 0 saturated carbocycles. The highest BCUT2D eigenvalue weighted by Crippen LogP contribution is 2.34. The number of rotatable bonds is 7. The number of methoxy groups -OCH3 is 1. The fraction of sp³-hybridized carbons (Fsp3) is 1.00.